The van der Waals surface area contributed by atoms with E-state index in [1.165, 1.54) is 0 Å². The second-order valence-electron chi connectivity index (χ2n) is 4.55. The van der Waals surface area contributed by atoms with E-state index in [0.29, 0.717) is 11.3 Å². The molecule has 0 spiro atoms. The minimum Gasteiger partial charge on any atom is -0.477 e. The number of aryl methyl sites for hydroxylation is 1. The fourth-order valence-electron chi connectivity index (χ4n) is 2.21. The van der Waals surface area contributed by atoms with Gasteiger partial charge < -0.3 is 14.8 Å². The maximum absolute atomic E-state index is 11.1. The van der Waals surface area contributed by atoms with Crippen LogP contribution >= 0.6 is 0 Å². The second kappa shape index (κ2) is 4.74. The van der Waals surface area contributed by atoms with E-state index in [9.17, 15) is 4.79 Å². The Hall–Kier alpha value is -2.75. The lowest BCUT2D eigenvalue weighted by Gasteiger charge is -2.05. The second-order valence-corrected chi connectivity index (χ2v) is 4.55. The number of rotatable bonds is 3. The zero-order valence-electron chi connectivity index (χ0n) is 10.9. The number of aromatic amines is 1. The van der Waals surface area contributed by atoms with Crippen LogP contribution in [0.15, 0.2) is 48.5 Å². The number of benzene rings is 2. The van der Waals surface area contributed by atoms with Crippen LogP contribution in [-0.2, 0) is 0 Å². The molecule has 0 saturated heterocycles. The van der Waals surface area contributed by atoms with Crippen LogP contribution in [0, 0.1) is 6.92 Å². The monoisotopic (exact) mass is 267 g/mol. The van der Waals surface area contributed by atoms with Crippen molar-refractivity contribution in [2.24, 2.45) is 0 Å². The smallest absolute Gasteiger partial charge is 0.352 e. The quantitative estimate of drug-likeness (QED) is 0.754. The maximum atomic E-state index is 11.1. The van der Waals surface area contributed by atoms with Crippen molar-refractivity contribution in [2.45, 2.75) is 6.92 Å². The summed E-state index contributed by atoms with van der Waals surface area (Å²) in [5.74, 6) is 0.477. The summed E-state index contributed by atoms with van der Waals surface area (Å²) < 4.78 is 5.75. The molecular formula is C16H13NO3. The molecule has 20 heavy (non-hydrogen) atoms. The molecule has 0 fully saturated rings. The number of hydrogen-bond acceptors (Lipinski definition) is 2. The van der Waals surface area contributed by atoms with Crippen molar-refractivity contribution >= 4 is 16.9 Å². The minimum absolute atomic E-state index is 0.219. The molecule has 0 radical (unpaired) electrons. The Bertz CT molecular complexity index is 775. The van der Waals surface area contributed by atoms with Gasteiger partial charge >= 0.3 is 5.97 Å². The molecule has 0 bridgehead atoms. The topological polar surface area (TPSA) is 62.3 Å². The molecule has 2 aromatic carbocycles. The molecule has 0 aliphatic carbocycles. The Balaban J connectivity index is 2.02. The Morgan fingerprint density at radius 1 is 1.10 bits per heavy atom. The van der Waals surface area contributed by atoms with Gasteiger partial charge in [-0.3, -0.25) is 0 Å². The molecule has 1 heterocycles. The van der Waals surface area contributed by atoms with Gasteiger partial charge in [-0.2, -0.15) is 0 Å². The van der Waals surface area contributed by atoms with Crippen molar-refractivity contribution in [3.05, 3.63) is 59.8 Å². The number of aromatic nitrogens is 1. The molecule has 3 aromatic rings. The van der Waals surface area contributed by atoms with Gasteiger partial charge in [0.15, 0.2) is 0 Å². The molecule has 0 unspecified atom stereocenters. The number of carboxylic acid groups (broad SMARTS) is 1. The van der Waals surface area contributed by atoms with Crippen molar-refractivity contribution in [3.63, 3.8) is 0 Å². The van der Waals surface area contributed by atoms with Crippen molar-refractivity contribution in [1.82, 2.24) is 4.98 Å². The van der Waals surface area contributed by atoms with Gasteiger partial charge in [0.2, 0.25) is 0 Å². The van der Waals surface area contributed by atoms with E-state index in [1.807, 2.05) is 48.5 Å². The van der Waals surface area contributed by atoms with Crippen LogP contribution in [0.1, 0.15) is 16.1 Å². The predicted molar refractivity (Wildman–Crippen MR) is 76.5 cm³/mol. The summed E-state index contributed by atoms with van der Waals surface area (Å²) in [4.78, 5) is 14.0. The Labute approximate surface area is 115 Å². The SMILES string of the molecule is Cc1c(C(=O)O)[nH]c2ccc(Oc3ccccc3)cc12. The van der Waals surface area contributed by atoms with Crippen molar-refractivity contribution in [1.29, 1.82) is 0 Å². The van der Waals surface area contributed by atoms with E-state index < -0.39 is 5.97 Å². The molecular weight excluding hydrogens is 254 g/mol. The molecule has 0 atom stereocenters. The van der Waals surface area contributed by atoms with Gasteiger partial charge in [-0.15, -0.1) is 0 Å². The first kappa shape index (κ1) is 12.3. The normalized spacial score (nSPS) is 10.7. The number of carboxylic acids is 1. The van der Waals surface area contributed by atoms with Crippen LogP contribution in [-0.4, -0.2) is 16.1 Å². The lowest BCUT2D eigenvalue weighted by atomic mass is 10.1. The van der Waals surface area contributed by atoms with Crippen molar-refractivity contribution in [3.8, 4) is 11.5 Å². The number of ether oxygens (including phenoxy) is 1. The summed E-state index contributed by atoms with van der Waals surface area (Å²) in [6, 6.07) is 15.0. The third-order valence-corrected chi connectivity index (χ3v) is 3.22. The first-order valence-electron chi connectivity index (χ1n) is 6.23. The van der Waals surface area contributed by atoms with Gasteiger partial charge in [0, 0.05) is 10.9 Å². The van der Waals surface area contributed by atoms with Gasteiger partial charge in [-0.05, 0) is 42.8 Å². The lowest BCUT2D eigenvalue weighted by molar-refractivity contribution is 0.0691. The molecule has 0 aliphatic heterocycles. The first-order chi connectivity index (χ1) is 9.65. The Kier molecular flexibility index (Phi) is 2.91. The molecule has 100 valence electrons. The highest BCUT2D eigenvalue weighted by molar-refractivity contribution is 5.97. The number of para-hydroxylation sites is 1. The van der Waals surface area contributed by atoms with E-state index in [0.717, 1.165) is 16.7 Å². The highest BCUT2D eigenvalue weighted by atomic mass is 16.5. The van der Waals surface area contributed by atoms with Crippen LogP contribution in [0.5, 0.6) is 11.5 Å². The van der Waals surface area contributed by atoms with E-state index in [-0.39, 0.29) is 5.69 Å². The highest BCUT2D eigenvalue weighted by Crippen LogP contribution is 2.28. The summed E-state index contributed by atoms with van der Waals surface area (Å²) in [5, 5.41) is 9.97. The summed E-state index contributed by atoms with van der Waals surface area (Å²) >= 11 is 0. The number of fused-ring (bicyclic) bond motifs is 1. The van der Waals surface area contributed by atoms with Crippen LogP contribution in [0.4, 0.5) is 0 Å². The predicted octanol–water partition coefficient (Wildman–Crippen LogP) is 3.97. The zero-order chi connectivity index (χ0) is 14.1. The van der Waals surface area contributed by atoms with Gasteiger partial charge in [-0.25, -0.2) is 4.79 Å². The number of hydrogen-bond donors (Lipinski definition) is 2. The molecule has 1 aromatic heterocycles. The number of nitrogens with one attached hydrogen (secondary N) is 1. The number of H-pyrrole nitrogens is 1. The van der Waals surface area contributed by atoms with E-state index >= 15 is 0 Å². The zero-order valence-corrected chi connectivity index (χ0v) is 10.9. The molecule has 2 N–H and O–H groups in total. The summed E-state index contributed by atoms with van der Waals surface area (Å²) in [6.07, 6.45) is 0. The molecule has 3 rings (SSSR count). The molecule has 4 heteroatoms. The van der Waals surface area contributed by atoms with Crippen molar-refractivity contribution in [2.75, 3.05) is 0 Å². The van der Waals surface area contributed by atoms with E-state index in [4.69, 9.17) is 9.84 Å². The number of carbonyl (C=O) groups is 1. The minimum atomic E-state index is -0.954. The first-order valence-corrected chi connectivity index (χ1v) is 6.23. The Morgan fingerprint density at radius 3 is 2.55 bits per heavy atom. The molecule has 4 nitrogen and oxygen atoms in total. The summed E-state index contributed by atoms with van der Waals surface area (Å²) in [7, 11) is 0. The summed E-state index contributed by atoms with van der Waals surface area (Å²) in [5.41, 5.74) is 1.73. The third-order valence-electron chi connectivity index (χ3n) is 3.22. The van der Waals surface area contributed by atoms with Crippen LogP contribution in [0.25, 0.3) is 10.9 Å². The van der Waals surface area contributed by atoms with Gasteiger partial charge in [0.1, 0.15) is 17.2 Å². The van der Waals surface area contributed by atoms with Gasteiger partial charge in [0.25, 0.3) is 0 Å². The molecule has 0 saturated carbocycles. The maximum Gasteiger partial charge on any atom is 0.352 e. The standard InChI is InChI=1S/C16H13NO3/c1-10-13-9-12(20-11-5-3-2-4-6-11)7-8-14(13)17-15(10)16(18)19/h2-9,17H,1H3,(H,18,19). The molecule has 0 aliphatic rings. The average molecular weight is 267 g/mol. The van der Waals surface area contributed by atoms with Crippen molar-refractivity contribution < 1.29 is 14.6 Å². The van der Waals surface area contributed by atoms with E-state index in [2.05, 4.69) is 4.98 Å². The fraction of sp³-hybridized carbons (Fsp3) is 0.0625. The van der Waals surface area contributed by atoms with Gasteiger partial charge in [-0.1, -0.05) is 18.2 Å². The van der Waals surface area contributed by atoms with Crippen LogP contribution in [0.3, 0.4) is 0 Å². The Morgan fingerprint density at radius 2 is 1.85 bits per heavy atom. The molecule has 0 amide bonds. The fourth-order valence-corrected chi connectivity index (χ4v) is 2.21. The van der Waals surface area contributed by atoms with E-state index in [1.54, 1.807) is 6.92 Å². The third kappa shape index (κ3) is 2.12. The number of aromatic carboxylic acids is 1. The lowest BCUT2D eigenvalue weighted by Crippen LogP contribution is -1.97. The average Bonchev–Trinajstić information content (AvgIpc) is 2.77. The van der Waals surface area contributed by atoms with Crippen LogP contribution < -0.4 is 4.74 Å². The largest absolute Gasteiger partial charge is 0.477 e. The highest BCUT2D eigenvalue weighted by Gasteiger charge is 2.13. The summed E-state index contributed by atoms with van der Waals surface area (Å²) in [6.45, 7) is 1.79. The van der Waals surface area contributed by atoms with Gasteiger partial charge in [0.05, 0.1) is 0 Å². The van der Waals surface area contributed by atoms with Crippen LogP contribution in [0.2, 0.25) is 0 Å².